The molecule has 1 rings (SSSR count). The first-order valence-electron chi connectivity index (χ1n) is 4.53. The van der Waals surface area contributed by atoms with Crippen LogP contribution in [0.5, 0.6) is 0 Å². The van der Waals surface area contributed by atoms with Gasteiger partial charge >= 0.3 is 0 Å². The van der Waals surface area contributed by atoms with Gasteiger partial charge in [-0.25, -0.2) is 0 Å². The molecule has 1 amide bonds. The minimum Gasteiger partial charge on any atom is -0.341 e. The van der Waals surface area contributed by atoms with Crippen LogP contribution in [0, 0.1) is 11.3 Å². The van der Waals surface area contributed by atoms with Crippen molar-refractivity contribution in [2.24, 2.45) is 0 Å². The van der Waals surface area contributed by atoms with Gasteiger partial charge in [-0.15, -0.1) is 0 Å². The Morgan fingerprint density at radius 3 is 2.60 bits per heavy atom. The number of hydrogen-bond acceptors (Lipinski definition) is 2. The van der Waals surface area contributed by atoms with Gasteiger partial charge in [-0.2, -0.15) is 5.26 Å². The molecule has 1 aromatic rings. The lowest BCUT2D eigenvalue weighted by Crippen LogP contribution is -2.27. The normalized spacial score (nSPS) is 9.40. The summed E-state index contributed by atoms with van der Waals surface area (Å²) in [4.78, 5) is 13.3. The van der Waals surface area contributed by atoms with E-state index in [1.807, 2.05) is 18.2 Å². The van der Waals surface area contributed by atoms with Crippen molar-refractivity contribution in [3.05, 3.63) is 34.3 Å². The summed E-state index contributed by atoms with van der Waals surface area (Å²) in [6.07, 6.45) is 0.360. The Bertz CT molecular complexity index is 381. The van der Waals surface area contributed by atoms with Gasteiger partial charge in [-0.3, -0.25) is 4.79 Å². The molecule has 3 nitrogen and oxygen atoms in total. The van der Waals surface area contributed by atoms with Crippen LogP contribution in [0.15, 0.2) is 28.7 Å². The quantitative estimate of drug-likeness (QED) is 0.844. The fourth-order valence-corrected chi connectivity index (χ4v) is 1.40. The first kappa shape index (κ1) is 11.7. The van der Waals surface area contributed by atoms with Crippen LogP contribution < -0.4 is 0 Å². The molecule has 0 aromatic heterocycles. The molecular formula is C11H11BrN2O. The van der Waals surface area contributed by atoms with Crippen LogP contribution in [-0.2, 0) is 0 Å². The molecule has 0 bridgehead atoms. The van der Waals surface area contributed by atoms with Gasteiger partial charge in [0.25, 0.3) is 5.91 Å². The van der Waals surface area contributed by atoms with Crippen molar-refractivity contribution in [3.63, 3.8) is 0 Å². The van der Waals surface area contributed by atoms with Gasteiger partial charge in [-0.1, -0.05) is 15.9 Å². The topological polar surface area (TPSA) is 44.1 Å². The Balaban J connectivity index is 2.68. The van der Waals surface area contributed by atoms with Gasteiger partial charge < -0.3 is 4.90 Å². The molecule has 0 saturated carbocycles. The molecule has 78 valence electrons. The number of nitrogens with zero attached hydrogens (tertiary/aromatic N) is 2. The first-order valence-corrected chi connectivity index (χ1v) is 5.32. The van der Waals surface area contributed by atoms with E-state index in [2.05, 4.69) is 15.9 Å². The van der Waals surface area contributed by atoms with Crippen LogP contribution in [0.25, 0.3) is 0 Å². The molecule has 0 unspecified atom stereocenters. The van der Waals surface area contributed by atoms with Crippen molar-refractivity contribution < 1.29 is 4.79 Å². The van der Waals surface area contributed by atoms with E-state index in [-0.39, 0.29) is 5.91 Å². The number of benzene rings is 1. The van der Waals surface area contributed by atoms with E-state index in [0.29, 0.717) is 18.5 Å². The molecule has 15 heavy (non-hydrogen) atoms. The molecule has 0 aliphatic heterocycles. The SMILES string of the molecule is CN(CCC#N)C(=O)c1ccc(Br)cc1. The summed E-state index contributed by atoms with van der Waals surface area (Å²) < 4.78 is 0.943. The largest absolute Gasteiger partial charge is 0.341 e. The molecule has 4 heteroatoms. The highest BCUT2D eigenvalue weighted by Gasteiger charge is 2.10. The Hall–Kier alpha value is -1.34. The summed E-state index contributed by atoms with van der Waals surface area (Å²) in [6.45, 7) is 0.464. The minimum atomic E-state index is -0.0576. The maximum Gasteiger partial charge on any atom is 0.253 e. The molecule has 0 spiro atoms. The molecule has 0 radical (unpaired) electrons. The third kappa shape index (κ3) is 3.37. The van der Waals surface area contributed by atoms with Crippen molar-refractivity contribution in [3.8, 4) is 6.07 Å². The number of rotatable bonds is 3. The first-order chi connectivity index (χ1) is 7.15. The lowest BCUT2D eigenvalue weighted by molar-refractivity contribution is 0.0798. The zero-order valence-corrected chi connectivity index (χ0v) is 9.99. The lowest BCUT2D eigenvalue weighted by atomic mass is 10.2. The number of carbonyl (C=O) groups excluding carboxylic acids is 1. The summed E-state index contributed by atoms with van der Waals surface area (Å²) >= 11 is 3.31. The van der Waals surface area contributed by atoms with E-state index >= 15 is 0 Å². The highest BCUT2D eigenvalue weighted by atomic mass is 79.9. The Kier molecular flexibility index (Phi) is 4.32. The molecule has 0 N–H and O–H groups in total. The van der Waals surface area contributed by atoms with Gasteiger partial charge in [0.2, 0.25) is 0 Å². The highest BCUT2D eigenvalue weighted by Crippen LogP contribution is 2.11. The minimum absolute atomic E-state index is 0.0576. The number of nitriles is 1. The number of amides is 1. The predicted octanol–water partition coefficient (Wildman–Crippen LogP) is 2.43. The maximum absolute atomic E-state index is 11.8. The van der Waals surface area contributed by atoms with Crippen LogP contribution >= 0.6 is 15.9 Å². The second-order valence-electron chi connectivity index (χ2n) is 3.14. The van der Waals surface area contributed by atoms with Crippen molar-refractivity contribution in [2.45, 2.75) is 6.42 Å². The van der Waals surface area contributed by atoms with E-state index in [1.54, 1.807) is 24.1 Å². The summed E-state index contributed by atoms with van der Waals surface area (Å²) in [7, 11) is 1.70. The summed E-state index contributed by atoms with van der Waals surface area (Å²) in [5, 5.41) is 8.41. The monoisotopic (exact) mass is 266 g/mol. The number of carbonyl (C=O) groups is 1. The molecular weight excluding hydrogens is 256 g/mol. The molecule has 0 aliphatic rings. The second-order valence-corrected chi connectivity index (χ2v) is 4.06. The molecule has 0 aliphatic carbocycles. The summed E-state index contributed by atoms with van der Waals surface area (Å²) in [5.41, 5.74) is 0.638. The average Bonchev–Trinajstić information content (AvgIpc) is 2.26. The van der Waals surface area contributed by atoms with Crippen molar-refractivity contribution in [1.29, 1.82) is 5.26 Å². The standard InChI is InChI=1S/C11H11BrN2O/c1-14(8-2-7-13)11(15)9-3-5-10(12)6-4-9/h3-6H,2,8H2,1H3. The van der Waals surface area contributed by atoms with Gasteiger partial charge in [0.1, 0.15) is 0 Å². The highest BCUT2D eigenvalue weighted by molar-refractivity contribution is 9.10. The fraction of sp³-hybridized carbons (Fsp3) is 0.273. The van der Waals surface area contributed by atoms with Crippen molar-refractivity contribution in [2.75, 3.05) is 13.6 Å². The van der Waals surface area contributed by atoms with E-state index in [0.717, 1.165) is 4.47 Å². The summed E-state index contributed by atoms with van der Waals surface area (Å²) in [6, 6.07) is 9.18. The lowest BCUT2D eigenvalue weighted by Gasteiger charge is -2.15. The molecule has 0 atom stereocenters. The number of hydrogen-bond donors (Lipinski definition) is 0. The van der Waals surface area contributed by atoms with E-state index in [9.17, 15) is 4.79 Å². The summed E-state index contributed by atoms with van der Waals surface area (Å²) in [5.74, 6) is -0.0576. The zero-order chi connectivity index (χ0) is 11.3. The second kappa shape index (κ2) is 5.52. The molecule has 0 saturated heterocycles. The van der Waals surface area contributed by atoms with Gasteiger partial charge in [0.15, 0.2) is 0 Å². The molecule has 0 fully saturated rings. The van der Waals surface area contributed by atoms with E-state index in [1.165, 1.54) is 0 Å². The Morgan fingerprint density at radius 1 is 1.47 bits per heavy atom. The third-order valence-corrected chi connectivity index (χ3v) is 2.53. The van der Waals surface area contributed by atoms with Crippen molar-refractivity contribution >= 4 is 21.8 Å². The third-order valence-electron chi connectivity index (χ3n) is 2.00. The molecule has 1 aromatic carbocycles. The Morgan fingerprint density at radius 2 is 2.07 bits per heavy atom. The van der Waals surface area contributed by atoms with E-state index < -0.39 is 0 Å². The predicted molar refractivity (Wildman–Crippen MR) is 61.3 cm³/mol. The average molecular weight is 267 g/mol. The Labute approximate surface area is 97.4 Å². The van der Waals surface area contributed by atoms with Gasteiger partial charge in [0, 0.05) is 23.6 Å². The maximum atomic E-state index is 11.8. The van der Waals surface area contributed by atoms with Gasteiger partial charge in [0.05, 0.1) is 12.5 Å². The number of halogens is 1. The van der Waals surface area contributed by atoms with Crippen LogP contribution in [0.2, 0.25) is 0 Å². The van der Waals surface area contributed by atoms with Crippen LogP contribution in [0.4, 0.5) is 0 Å². The smallest absolute Gasteiger partial charge is 0.253 e. The fourth-order valence-electron chi connectivity index (χ4n) is 1.13. The van der Waals surface area contributed by atoms with Gasteiger partial charge in [-0.05, 0) is 24.3 Å². The van der Waals surface area contributed by atoms with Crippen LogP contribution in [0.3, 0.4) is 0 Å². The van der Waals surface area contributed by atoms with E-state index in [4.69, 9.17) is 5.26 Å². The van der Waals surface area contributed by atoms with Crippen LogP contribution in [0.1, 0.15) is 16.8 Å². The van der Waals surface area contributed by atoms with Crippen molar-refractivity contribution in [1.82, 2.24) is 4.90 Å². The van der Waals surface area contributed by atoms with Crippen LogP contribution in [-0.4, -0.2) is 24.4 Å². The zero-order valence-electron chi connectivity index (χ0n) is 8.40. The molecule has 0 heterocycles.